The van der Waals surface area contributed by atoms with Crippen molar-refractivity contribution in [2.75, 3.05) is 13.2 Å². The monoisotopic (exact) mass is 262 g/mol. The Balaban J connectivity index is 0. The van der Waals surface area contributed by atoms with Gasteiger partial charge in [0.15, 0.2) is 0 Å². The first-order valence-electron chi connectivity index (χ1n) is 6.06. The maximum Gasteiger partial charge on any atom is 0.0437 e. The molecule has 0 aliphatic rings. The Kier molecular flexibility index (Phi) is 13.2. The van der Waals surface area contributed by atoms with Crippen molar-refractivity contribution >= 4 is 0 Å². The van der Waals surface area contributed by atoms with Gasteiger partial charge in [0.05, 0.1) is 0 Å². The molecule has 0 saturated carbocycles. The first-order valence-corrected chi connectivity index (χ1v) is 6.06. The first-order chi connectivity index (χ1) is 8.38. The molecule has 0 unspecified atom stereocenters. The number of ether oxygens (including phenoxy) is 1. The molecule has 2 aromatic carbocycles. The second-order valence-electron chi connectivity index (χ2n) is 3.51. The third-order valence-electron chi connectivity index (χ3n) is 2.29. The van der Waals surface area contributed by atoms with E-state index in [4.69, 9.17) is 4.74 Å². The predicted octanol–water partition coefficient (Wildman–Crippen LogP) is 4.72. The van der Waals surface area contributed by atoms with Gasteiger partial charge >= 0.3 is 0 Å². The number of hydrogen-bond acceptors (Lipinski definition) is 3. The Bertz CT molecular complexity index is 351. The summed E-state index contributed by atoms with van der Waals surface area (Å²) in [7, 11) is 0. The molecule has 0 amide bonds. The lowest BCUT2D eigenvalue weighted by Gasteiger charge is -1.98. The van der Waals surface area contributed by atoms with Crippen molar-refractivity contribution in [3.63, 3.8) is 0 Å². The smallest absolute Gasteiger partial charge is 0.0437 e. The first kappa shape index (κ1) is 19.7. The fourth-order valence-electron chi connectivity index (χ4n) is 1.47. The van der Waals surface area contributed by atoms with Crippen LogP contribution in [0.25, 0.3) is 11.1 Å². The molecule has 0 aliphatic heterocycles. The normalized spacial score (nSPS) is 8.32. The molecule has 0 fully saturated rings. The molecule has 0 heterocycles. The van der Waals surface area contributed by atoms with E-state index in [1.165, 1.54) is 11.1 Å². The van der Waals surface area contributed by atoms with Gasteiger partial charge in [-0.05, 0) is 25.0 Å². The molecule has 19 heavy (non-hydrogen) atoms. The molecule has 0 saturated heterocycles. The van der Waals surface area contributed by atoms with Crippen molar-refractivity contribution in [3.05, 3.63) is 60.7 Å². The summed E-state index contributed by atoms with van der Waals surface area (Å²) in [5, 5.41) is 0. The molecule has 0 atom stereocenters. The van der Waals surface area contributed by atoms with E-state index in [9.17, 15) is 0 Å². The Morgan fingerprint density at radius 2 is 0.947 bits per heavy atom. The van der Waals surface area contributed by atoms with E-state index in [0.717, 1.165) is 13.2 Å². The Hall–Kier alpha value is -1.68. The van der Waals surface area contributed by atoms with Crippen molar-refractivity contribution in [1.82, 2.24) is 12.3 Å². The molecular weight excluding hydrogens is 236 g/mol. The third-order valence-corrected chi connectivity index (χ3v) is 2.29. The molecule has 0 radical (unpaired) electrons. The van der Waals surface area contributed by atoms with E-state index in [-0.39, 0.29) is 12.3 Å². The molecular formula is C16H26N2O. The molecule has 3 heteroatoms. The molecule has 3 nitrogen and oxygen atoms in total. The van der Waals surface area contributed by atoms with Gasteiger partial charge in [-0.2, -0.15) is 0 Å². The predicted molar refractivity (Wildman–Crippen MR) is 84.1 cm³/mol. The van der Waals surface area contributed by atoms with Crippen LogP contribution in [0.1, 0.15) is 13.8 Å². The van der Waals surface area contributed by atoms with E-state index in [1.54, 1.807) is 0 Å². The second-order valence-corrected chi connectivity index (χ2v) is 3.51. The maximum absolute atomic E-state index is 4.83. The van der Waals surface area contributed by atoms with Gasteiger partial charge in [0, 0.05) is 13.2 Å². The summed E-state index contributed by atoms with van der Waals surface area (Å²) in [5.74, 6) is 0. The van der Waals surface area contributed by atoms with Crippen LogP contribution in [-0.4, -0.2) is 13.2 Å². The van der Waals surface area contributed by atoms with Crippen LogP contribution in [-0.2, 0) is 4.74 Å². The molecule has 0 spiro atoms. The zero-order chi connectivity index (χ0) is 12.3. The highest BCUT2D eigenvalue weighted by atomic mass is 16.5. The minimum absolute atomic E-state index is 0. The van der Waals surface area contributed by atoms with Gasteiger partial charge in [-0.3, -0.25) is 0 Å². The van der Waals surface area contributed by atoms with Crippen LogP contribution in [0.4, 0.5) is 0 Å². The van der Waals surface area contributed by atoms with Gasteiger partial charge in [-0.15, -0.1) is 0 Å². The van der Waals surface area contributed by atoms with E-state index in [2.05, 4.69) is 48.5 Å². The summed E-state index contributed by atoms with van der Waals surface area (Å²) in [5.41, 5.74) is 2.55. The van der Waals surface area contributed by atoms with E-state index in [0.29, 0.717) is 0 Å². The highest BCUT2D eigenvalue weighted by Crippen LogP contribution is 2.17. The largest absolute Gasteiger partial charge is 0.382 e. The molecule has 106 valence electrons. The van der Waals surface area contributed by atoms with Crippen LogP contribution < -0.4 is 12.3 Å². The molecule has 0 aromatic heterocycles. The van der Waals surface area contributed by atoms with E-state index >= 15 is 0 Å². The minimum Gasteiger partial charge on any atom is -0.382 e. The van der Waals surface area contributed by atoms with Crippen LogP contribution in [0.2, 0.25) is 0 Å². The van der Waals surface area contributed by atoms with Crippen molar-refractivity contribution in [2.45, 2.75) is 13.8 Å². The number of hydrogen-bond donors (Lipinski definition) is 2. The topological polar surface area (TPSA) is 79.2 Å². The molecule has 0 aliphatic carbocycles. The van der Waals surface area contributed by atoms with Crippen LogP contribution in [0.15, 0.2) is 60.7 Å². The zero-order valence-electron chi connectivity index (χ0n) is 12.0. The Morgan fingerprint density at radius 3 is 1.16 bits per heavy atom. The molecule has 6 N–H and O–H groups in total. The second kappa shape index (κ2) is 12.8. The lowest BCUT2D eigenvalue weighted by atomic mass is 10.1. The average Bonchev–Trinajstić information content (AvgIpc) is 2.42. The van der Waals surface area contributed by atoms with Gasteiger partial charge in [0.2, 0.25) is 0 Å². The lowest BCUT2D eigenvalue weighted by Crippen LogP contribution is -1.84. The van der Waals surface area contributed by atoms with E-state index < -0.39 is 0 Å². The van der Waals surface area contributed by atoms with Crippen molar-refractivity contribution in [3.8, 4) is 11.1 Å². The minimum atomic E-state index is 0. The van der Waals surface area contributed by atoms with Gasteiger partial charge < -0.3 is 17.0 Å². The average molecular weight is 262 g/mol. The summed E-state index contributed by atoms with van der Waals surface area (Å²) < 4.78 is 4.83. The quantitative estimate of drug-likeness (QED) is 0.839. The van der Waals surface area contributed by atoms with Gasteiger partial charge in [0.25, 0.3) is 0 Å². The van der Waals surface area contributed by atoms with Crippen LogP contribution in [0.5, 0.6) is 0 Å². The number of benzene rings is 2. The summed E-state index contributed by atoms with van der Waals surface area (Å²) in [4.78, 5) is 0. The summed E-state index contributed by atoms with van der Waals surface area (Å²) in [6.45, 7) is 5.67. The maximum atomic E-state index is 4.83. The Morgan fingerprint density at radius 1 is 0.632 bits per heavy atom. The van der Waals surface area contributed by atoms with Crippen LogP contribution in [0, 0.1) is 0 Å². The van der Waals surface area contributed by atoms with Gasteiger partial charge in [-0.25, -0.2) is 0 Å². The van der Waals surface area contributed by atoms with E-state index in [1.807, 2.05) is 26.0 Å². The summed E-state index contributed by atoms with van der Waals surface area (Å²) in [6.07, 6.45) is 0. The van der Waals surface area contributed by atoms with Crippen molar-refractivity contribution < 1.29 is 4.74 Å². The van der Waals surface area contributed by atoms with Crippen molar-refractivity contribution in [1.29, 1.82) is 0 Å². The highest BCUT2D eigenvalue weighted by Gasteiger charge is 1.91. The SMILES string of the molecule is CCOCC.N.N.c1ccc(-c2ccccc2)cc1. The standard InChI is InChI=1S/C12H10.C4H10O.2H3N/c1-3-7-11(8-4-1)12-9-5-2-6-10-12;1-3-5-4-2;;/h1-10H;3-4H2,1-2H3;2*1H3. The fraction of sp³-hybridized carbons (Fsp3) is 0.250. The third kappa shape index (κ3) is 8.11. The Labute approximate surface area is 116 Å². The lowest BCUT2D eigenvalue weighted by molar-refractivity contribution is 0.162. The molecule has 2 aromatic rings. The van der Waals surface area contributed by atoms with Crippen LogP contribution in [0.3, 0.4) is 0 Å². The van der Waals surface area contributed by atoms with Crippen LogP contribution >= 0.6 is 0 Å². The highest BCUT2D eigenvalue weighted by molar-refractivity contribution is 5.62. The van der Waals surface area contributed by atoms with Gasteiger partial charge in [0.1, 0.15) is 0 Å². The molecule has 0 bridgehead atoms. The zero-order valence-corrected chi connectivity index (χ0v) is 12.0. The molecule has 2 rings (SSSR count). The number of rotatable bonds is 3. The van der Waals surface area contributed by atoms with Gasteiger partial charge in [-0.1, -0.05) is 60.7 Å². The fourth-order valence-corrected chi connectivity index (χ4v) is 1.47. The summed E-state index contributed by atoms with van der Waals surface area (Å²) in [6, 6.07) is 20.8. The summed E-state index contributed by atoms with van der Waals surface area (Å²) >= 11 is 0. The van der Waals surface area contributed by atoms with Crippen molar-refractivity contribution in [2.24, 2.45) is 0 Å².